The first kappa shape index (κ1) is 25.6. The largest absolute Gasteiger partial charge is 0.394 e. The topological polar surface area (TPSA) is 79.2 Å². The fourth-order valence-corrected chi connectivity index (χ4v) is 3.62. The lowest BCUT2D eigenvalue weighted by Crippen LogP contribution is -2.55. The average Bonchev–Trinajstić information content (AvgIpc) is 2.70. The van der Waals surface area contributed by atoms with Crippen molar-refractivity contribution in [2.75, 3.05) is 19.8 Å². The van der Waals surface area contributed by atoms with Crippen molar-refractivity contribution < 1.29 is 24.8 Å². The summed E-state index contributed by atoms with van der Waals surface area (Å²) >= 11 is 0. The minimum Gasteiger partial charge on any atom is -0.394 e. The molecule has 0 spiro atoms. The first-order valence-corrected chi connectivity index (χ1v) is 11.6. The Kier molecular flexibility index (Phi) is 15.9. The molecule has 166 valence electrons. The molecule has 1 heterocycles. The van der Waals surface area contributed by atoms with Gasteiger partial charge in [0, 0.05) is 6.61 Å². The molecule has 4 atom stereocenters. The Balaban J connectivity index is 1.88. The van der Waals surface area contributed by atoms with Gasteiger partial charge in [-0.3, -0.25) is 0 Å². The van der Waals surface area contributed by atoms with Crippen LogP contribution in [0.15, 0.2) is 12.2 Å². The predicted molar refractivity (Wildman–Crippen MR) is 113 cm³/mol. The summed E-state index contributed by atoms with van der Waals surface area (Å²) in [4.78, 5) is 0. The second-order valence-corrected chi connectivity index (χ2v) is 8.03. The molecule has 0 aromatic heterocycles. The van der Waals surface area contributed by atoms with Crippen molar-refractivity contribution in [3.63, 3.8) is 0 Å². The number of ether oxygens (including phenoxy) is 2. The summed E-state index contributed by atoms with van der Waals surface area (Å²) in [7, 11) is 0. The molecule has 3 N–H and O–H groups in total. The normalized spacial score (nSPS) is 25.6. The lowest BCUT2D eigenvalue weighted by Gasteiger charge is -2.37. The molecule has 0 radical (unpaired) electrons. The Bertz CT molecular complexity index is 374. The molecule has 0 unspecified atom stereocenters. The van der Waals surface area contributed by atoms with E-state index in [1.54, 1.807) is 0 Å². The summed E-state index contributed by atoms with van der Waals surface area (Å²) in [6.07, 6.45) is 17.8. The van der Waals surface area contributed by atoms with Crippen LogP contribution in [0.1, 0.15) is 90.4 Å². The van der Waals surface area contributed by atoms with Gasteiger partial charge < -0.3 is 24.8 Å². The Morgan fingerprint density at radius 2 is 1.43 bits per heavy atom. The van der Waals surface area contributed by atoms with Gasteiger partial charge in [0.2, 0.25) is 0 Å². The fourth-order valence-electron chi connectivity index (χ4n) is 3.62. The van der Waals surface area contributed by atoms with Gasteiger partial charge >= 0.3 is 0 Å². The average molecular weight is 401 g/mol. The molecule has 1 rings (SSSR count). The van der Waals surface area contributed by atoms with Crippen LogP contribution in [0.25, 0.3) is 0 Å². The Morgan fingerprint density at radius 3 is 2.04 bits per heavy atom. The third-order valence-electron chi connectivity index (χ3n) is 5.47. The van der Waals surface area contributed by atoms with Crippen LogP contribution in [0.2, 0.25) is 0 Å². The molecule has 0 amide bonds. The zero-order chi connectivity index (χ0) is 20.5. The van der Waals surface area contributed by atoms with Crippen molar-refractivity contribution in [1.82, 2.24) is 0 Å². The monoisotopic (exact) mass is 400 g/mol. The van der Waals surface area contributed by atoms with E-state index in [-0.39, 0.29) is 13.2 Å². The quantitative estimate of drug-likeness (QED) is 0.253. The molecule has 0 aromatic carbocycles. The van der Waals surface area contributed by atoms with Crippen LogP contribution < -0.4 is 0 Å². The number of hydrogen-bond acceptors (Lipinski definition) is 5. The third kappa shape index (κ3) is 11.5. The van der Waals surface area contributed by atoms with Gasteiger partial charge in [-0.25, -0.2) is 0 Å². The molecule has 1 fully saturated rings. The molecule has 28 heavy (non-hydrogen) atoms. The molecule has 1 aliphatic heterocycles. The number of rotatable bonds is 17. The first-order chi connectivity index (χ1) is 13.7. The summed E-state index contributed by atoms with van der Waals surface area (Å²) < 4.78 is 10.8. The fraction of sp³-hybridized carbons (Fsp3) is 0.913. The maximum atomic E-state index is 10.1. The highest BCUT2D eigenvalue weighted by molar-refractivity contribution is 4.87. The van der Waals surface area contributed by atoms with Gasteiger partial charge in [0.05, 0.1) is 13.2 Å². The van der Waals surface area contributed by atoms with Crippen molar-refractivity contribution in [2.24, 2.45) is 0 Å². The minimum atomic E-state index is -0.972. The van der Waals surface area contributed by atoms with Crippen LogP contribution in [0.5, 0.6) is 0 Å². The zero-order valence-electron chi connectivity index (χ0n) is 17.9. The highest BCUT2D eigenvalue weighted by atomic mass is 16.6. The molecular weight excluding hydrogens is 356 g/mol. The number of aliphatic hydroxyl groups excluding tert-OH is 3. The Morgan fingerprint density at radius 1 is 0.857 bits per heavy atom. The van der Waals surface area contributed by atoms with Crippen molar-refractivity contribution >= 4 is 0 Å². The van der Waals surface area contributed by atoms with Gasteiger partial charge in [-0.2, -0.15) is 0 Å². The number of hydrogen-bond donors (Lipinski definition) is 3. The van der Waals surface area contributed by atoms with Gasteiger partial charge in [0.25, 0.3) is 0 Å². The van der Waals surface area contributed by atoms with Gasteiger partial charge in [-0.05, 0) is 32.1 Å². The van der Waals surface area contributed by atoms with Crippen LogP contribution in [-0.2, 0) is 9.47 Å². The highest BCUT2D eigenvalue weighted by Crippen LogP contribution is 2.19. The molecule has 0 aromatic rings. The van der Waals surface area contributed by atoms with Crippen LogP contribution in [0.4, 0.5) is 0 Å². The number of unbranched alkanes of at least 4 members (excludes halogenated alkanes) is 11. The van der Waals surface area contributed by atoms with Crippen LogP contribution >= 0.6 is 0 Å². The SMILES string of the molecule is CCCCC/C=C/CCCCCCCCCCO[C@H]1[C@H](O)[C@@H](CO)OC[C@@H]1O. The molecule has 0 saturated carbocycles. The Hall–Kier alpha value is -0.460. The van der Waals surface area contributed by atoms with E-state index in [0.717, 1.165) is 12.8 Å². The standard InChI is InChI=1S/C23H44O5/c1-2-3-4-5-6-7-8-9-10-11-12-13-14-15-16-17-27-23-20(25)19-28-21(18-24)22(23)26/h6-7,20-26H,2-5,8-19H2,1H3/b7-6+/t20-,21+,22+,23+/m0/s1. The van der Waals surface area contributed by atoms with E-state index in [9.17, 15) is 10.2 Å². The van der Waals surface area contributed by atoms with Gasteiger partial charge in [0.15, 0.2) is 0 Å². The smallest absolute Gasteiger partial charge is 0.114 e. The van der Waals surface area contributed by atoms with Gasteiger partial charge in [-0.15, -0.1) is 0 Å². The Labute approximate surface area is 172 Å². The summed E-state index contributed by atoms with van der Waals surface area (Å²) in [6.45, 7) is 2.61. The van der Waals surface area contributed by atoms with Crippen molar-refractivity contribution in [3.8, 4) is 0 Å². The van der Waals surface area contributed by atoms with Crippen molar-refractivity contribution in [3.05, 3.63) is 12.2 Å². The molecule has 0 aliphatic carbocycles. The highest BCUT2D eigenvalue weighted by Gasteiger charge is 2.38. The lowest BCUT2D eigenvalue weighted by atomic mass is 10.0. The van der Waals surface area contributed by atoms with E-state index in [4.69, 9.17) is 14.6 Å². The second-order valence-electron chi connectivity index (χ2n) is 8.03. The molecule has 1 saturated heterocycles. The van der Waals surface area contributed by atoms with E-state index in [2.05, 4.69) is 19.1 Å². The van der Waals surface area contributed by atoms with Gasteiger partial charge in [-0.1, -0.05) is 70.4 Å². The van der Waals surface area contributed by atoms with Crippen LogP contribution in [0.3, 0.4) is 0 Å². The summed E-state index contributed by atoms with van der Waals surface area (Å²) in [5, 5.41) is 29.1. The molecule has 5 nitrogen and oxygen atoms in total. The molecule has 5 heteroatoms. The minimum absolute atomic E-state index is 0.0988. The second kappa shape index (κ2) is 17.4. The lowest BCUT2D eigenvalue weighted by molar-refractivity contribution is -0.210. The van der Waals surface area contributed by atoms with Crippen molar-refractivity contribution in [2.45, 2.75) is 115 Å². The van der Waals surface area contributed by atoms with E-state index in [0.29, 0.717) is 6.61 Å². The summed E-state index contributed by atoms with van der Waals surface area (Å²) in [6, 6.07) is 0. The number of aliphatic hydroxyl groups is 3. The molecule has 1 aliphatic rings. The first-order valence-electron chi connectivity index (χ1n) is 11.6. The van der Waals surface area contributed by atoms with E-state index in [1.165, 1.54) is 70.6 Å². The zero-order valence-corrected chi connectivity index (χ0v) is 17.9. The molecule has 0 bridgehead atoms. The summed E-state index contributed by atoms with van der Waals surface area (Å²) in [5.41, 5.74) is 0. The van der Waals surface area contributed by atoms with Crippen molar-refractivity contribution in [1.29, 1.82) is 0 Å². The maximum absolute atomic E-state index is 10.1. The third-order valence-corrected chi connectivity index (χ3v) is 5.47. The molecular formula is C23H44O5. The van der Waals surface area contributed by atoms with E-state index < -0.39 is 24.4 Å². The maximum Gasteiger partial charge on any atom is 0.114 e. The van der Waals surface area contributed by atoms with Crippen LogP contribution in [-0.4, -0.2) is 59.6 Å². The van der Waals surface area contributed by atoms with Gasteiger partial charge in [0.1, 0.15) is 24.4 Å². The van der Waals surface area contributed by atoms with Crippen LogP contribution in [0, 0.1) is 0 Å². The summed E-state index contributed by atoms with van der Waals surface area (Å²) in [5.74, 6) is 0. The van der Waals surface area contributed by atoms with E-state index in [1.807, 2.05) is 0 Å². The predicted octanol–water partition coefficient (Wildman–Crippen LogP) is 4.13. The number of allylic oxidation sites excluding steroid dienone is 2. The van der Waals surface area contributed by atoms with E-state index >= 15 is 0 Å².